The molecule has 0 aliphatic heterocycles. The molecule has 0 bridgehead atoms. The first-order valence-electron chi connectivity index (χ1n) is 6.09. The van der Waals surface area contributed by atoms with Gasteiger partial charge in [0.05, 0.1) is 5.56 Å². The number of benzene rings is 2. The van der Waals surface area contributed by atoms with Crippen molar-refractivity contribution in [1.82, 2.24) is 0 Å². The standard InChI is InChI=1S/C15H13NO3S/c1-2-12-7-9-14(10-8-12)20(17,18)19-15-6-4-3-5-13(15)11-16/h3-10H,2H2,1H3. The van der Waals surface area contributed by atoms with Crippen LogP contribution in [0.2, 0.25) is 0 Å². The number of nitriles is 1. The van der Waals surface area contributed by atoms with Gasteiger partial charge in [0.2, 0.25) is 0 Å². The van der Waals surface area contributed by atoms with Crippen molar-refractivity contribution in [2.45, 2.75) is 18.2 Å². The second-order valence-corrected chi connectivity index (χ2v) is 5.69. The molecule has 0 N–H and O–H groups in total. The van der Waals surface area contributed by atoms with Gasteiger partial charge in [-0.05, 0) is 36.2 Å². The van der Waals surface area contributed by atoms with E-state index in [0.29, 0.717) is 0 Å². The van der Waals surface area contributed by atoms with Gasteiger partial charge in [-0.3, -0.25) is 0 Å². The van der Waals surface area contributed by atoms with E-state index in [0.717, 1.165) is 12.0 Å². The minimum absolute atomic E-state index is 0.0366. The molecule has 0 heterocycles. The molecule has 20 heavy (non-hydrogen) atoms. The van der Waals surface area contributed by atoms with Crippen LogP contribution in [0.15, 0.2) is 53.4 Å². The van der Waals surface area contributed by atoms with Gasteiger partial charge in [0.1, 0.15) is 11.0 Å². The average Bonchev–Trinajstić information content (AvgIpc) is 2.47. The minimum Gasteiger partial charge on any atom is -0.378 e. The molecule has 5 heteroatoms. The zero-order valence-electron chi connectivity index (χ0n) is 10.9. The number of hydrogen-bond acceptors (Lipinski definition) is 4. The summed E-state index contributed by atoms with van der Waals surface area (Å²) in [5.74, 6) is 0.0366. The molecular weight excluding hydrogens is 274 g/mol. The molecule has 0 saturated carbocycles. The van der Waals surface area contributed by atoms with Crippen LogP contribution in [0.4, 0.5) is 0 Å². The van der Waals surface area contributed by atoms with Crippen LogP contribution in [0.25, 0.3) is 0 Å². The fourth-order valence-electron chi connectivity index (χ4n) is 1.69. The van der Waals surface area contributed by atoms with E-state index in [1.54, 1.807) is 24.3 Å². The Kier molecular flexibility index (Phi) is 4.06. The van der Waals surface area contributed by atoms with Gasteiger partial charge in [-0.25, -0.2) is 0 Å². The molecule has 0 radical (unpaired) electrons. The van der Waals surface area contributed by atoms with Gasteiger partial charge in [-0.15, -0.1) is 0 Å². The third kappa shape index (κ3) is 2.98. The maximum absolute atomic E-state index is 12.1. The summed E-state index contributed by atoms with van der Waals surface area (Å²) in [5, 5.41) is 8.93. The van der Waals surface area contributed by atoms with Gasteiger partial charge < -0.3 is 4.18 Å². The fourth-order valence-corrected chi connectivity index (χ4v) is 2.64. The number of rotatable bonds is 4. The van der Waals surface area contributed by atoms with Crippen molar-refractivity contribution >= 4 is 10.1 Å². The van der Waals surface area contributed by atoms with Crippen LogP contribution < -0.4 is 4.18 Å². The average molecular weight is 287 g/mol. The van der Waals surface area contributed by atoms with Crippen LogP contribution >= 0.6 is 0 Å². The molecule has 0 spiro atoms. The molecule has 0 aliphatic rings. The molecular formula is C15H13NO3S. The Labute approximate surface area is 118 Å². The van der Waals surface area contributed by atoms with Gasteiger partial charge in [-0.1, -0.05) is 31.2 Å². The van der Waals surface area contributed by atoms with E-state index >= 15 is 0 Å². The largest absolute Gasteiger partial charge is 0.378 e. The van der Waals surface area contributed by atoms with Crippen LogP contribution in [0.3, 0.4) is 0 Å². The van der Waals surface area contributed by atoms with Crippen molar-refractivity contribution in [3.05, 3.63) is 59.7 Å². The summed E-state index contributed by atoms with van der Waals surface area (Å²) in [5.41, 5.74) is 1.22. The molecule has 0 aromatic heterocycles. The first kappa shape index (κ1) is 14.1. The Morgan fingerprint density at radius 1 is 1.10 bits per heavy atom. The first-order valence-corrected chi connectivity index (χ1v) is 7.50. The molecule has 0 atom stereocenters. The Morgan fingerprint density at radius 3 is 2.35 bits per heavy atom. The monoisotopic (exact) mass is 287 g/mol. The third-order valence-corrected chi connectivity index (χ3v) is 4.08. The lowest BCUT2D eigenvalue weighted by atomic mass is 10.2. The molecule has 0 saturated heterocycles. The van der Waals surface area contributed by atoms with Crippen LogP contribution in [0.5, 0.6) is 5.75 Å². The lowest BCUT2D eigenvalue weighted by Crippen LogP contribution is -2.10. The van der Waals surface area contributed by atoms with Gasteiger partial charge in [0, 0.05) is 0 Å². The van der Waals surface area contributed by atoms with E-state index in [9.17, 15) is 8.42 Å². The Morgan fingerprint density at radius 2 is 1.75 bits per heavy atom. The SMILES string of the molecule is CCc1ccc(S(=O)(=O)Oc2ccccc2C#N)cc1. The van der Waals surface area contributed by atoms with Gasteiger partial charge in [-0.2, -0.15) is 13.7 Å². The third-order valence-electron chi connectivity index (χ3n) is 2.83. The molecule has 102 valence electrons. The van der Waals surface area contributed by atoms with Gasteiger partial charge in [0.15, 0.2) is 5.75 Å². The predicted molar refractivity (Wildman–Crippen MR) is 74.8 cm³/mol. The molecule has 0 fully saturated rings. The molecule has 0 unspecified atom stereocenters. The van der Waals surface area contributed by atoms with Crippen LogP contribution in [0, 0.1) is 11.3 Å². The topological polar surface area (TPSA) is 67.2 Å². The molecule has 4 nitrogen and oxygen atoms in total. The quantitative estimate of drug-likeness (QED) is 0.811. The van der Waals surface area contributed by atoms with Gasteiger partial charge >= 0.3 is 10.1 Å². The van der Waals surface area contributed by atoms with Crippen molar-refractivity contribution in [3.8, 4) is 11.8 Å². The van der Waals surface area contributed by atoms with Crippen molar-refractivity contribution in [3.63, 3.8) is 0 Å². The van der Waals surface area contributed by atoms with Crippen molar-refractivity contribution in [2.75, 3.05) is 0 Å². The van der Waals surface area contributed by atoms with Crippen molar-refractivity contribution < 1.29 is 12.6 Å². The summed E-state index contributed by atoms with van der Waals surface area (Å²) in [7, 11) is -3.92. The lowest BCUT2D eigenvalue weighted by molar-refractivity contribution is 0.485. The second-order valence-electron chi connectivity index (χ2n) is 4.14. The van der Waals surface area contributed by atoms with E-state index < -0.39 is 10.1 Å². The highest BCUT2D eigenvalue weighted by Gasteiger charge is 2.18. The Hall–Kier alpha value is -2.32. The highest BCUT2D eigenvalue weighted by atomic mass is 32.2. The van der Waals surface area contributed by atoms with E-state index in [1.807, 2.05) is 13.0 Å². The maximum Gasteiger partial charge on any atom is 0.339 e. The zero-order chi connectivity index (χ0) is 14.6. The second kappa shape index (κ2) is 5.76. The summed E-state index contributed by atoms with van der Waals surface area (Å²) < 4.78 is 29.3. The van der Waals surface area contributed by atoms with E-state index in [4.69, 9.17) is 9.44 Å². The zero-order valence-corrected chi connectivity index (χ0v) is 11.7. The highest BCUT2D eigenvalue weighted by Crippen LogP contribution is 2.22. The van der Waals surface area contributed by atoms with E-state index in [2.05, 4.69) is 0 Å². The maximum atomic E-state index is 12.1. The highest BCUT2D eigenvalue weighted by molar-refractivity contribution is 7.87. The number of hydrogen-bond donors (Lipinski definition) is 0. The predicted octanol–water partition coefficient (Wildman–Crippen LogP) is 2.89. The minimum atomic E-state index is -3.92. The summed E-state index contributed by atoms with van der Waals surface area (Å²) in [6, 6.07) is 14.6. The lowest BCUT2D eigenvalue weighted by Gasteiger charge is -2.08. The van der Waals surface area contributed by atoms with Crippen LogP contribution in [-0.4, -0.2) is 8.42 Å². The number of aryl methyl sites for hydroxylation is 1. The van der Waals surface area contributed by atoms with Crippen LogP contribution in [-0.2, 0) is 16.5 Å². The molecule has 2 aromatic rings. The fraction of sp³-hybridized carbons (Fsp3) is 0.133. The van der Waals surface area contributed by atoms with Crippen LogP contribution in [0.1, 0.15) is 18.1 Å². The molecule has 0 aliphatic carbocycles. The number of nitrogens with zero attached hydrogens (tertiary/aromatic N) is 1. The first-order chi connectivity index (χ1) is 9.56. The summed E-state index contributed by atoms with van der Waals surface area (Å²) in [4.78, 5) is 0.0717. The Balaban J connectivity index is 2.33. The molecule has 2 rings (SSSR count). The summed E-state index contributed by atoms with van der Waals surface area (Å²) >= 11 is 0. The molecule has 0 amide bonds. The van der Waals surface area contributed by atoms with Crippen molar-refractivity contribution in [2.24, 2.45) is 0 Å². The van der Waals surface area contributed by atoms with Crippen molar-refractivity contribution in [1.29, 1.82) is 5.26 Å². The van der Waals surface area contributed by atoms with E-state index in [-0.39, 0.29) is 16.2 Å². The number of para-hydroxylation sites is 1. The molecule has 2 aromatic carbocycles. The van der Waals surface area contributed by atoms with Gasteiger partial charge in [0.25, 0.3) is 0 Å². The smallest absolute Gasteiger partial charge is 0.339 e. The Bertz CT molecular complexity index is 743. The summed E-state index contributed by atoms with van der Waals surface area (Å²) in [6.45, 7) is 1.99. The summed E-state index contributed by atoms with van der Waals surface area (Å²) in [6.07, 6.45) is 0.832. The van der Waals surface area contributed by atoms with E-state index in [1.165, 1.54) is 24.3 Å². The normalized spacial score (nSPS) is 10.8.